The Morgan fingerprint density at radius 1 is 1.32 bits per heavy atom. The highest BCUT2D eigenvalue weighted by molar-refractivity contribution is 7.17. The molecule has 1 fully saturated rings. The zero-order chi connectivity index (χ0) is 21.8. The van der Waals surface area contributed by atoms with E-state index in [4.69, 9.17) is 4.42 Å². The number of carbonyl (C=O) groups excluding carboxylic acids is 2. The Kier molecular flexibility index (Phi) is 4.96. The third-order valence-electron chi connectivity index (χ3n) is 7.46. The maximum absolute atomic E-state index is 13.8. The Labute approximate surface area is 186 Å². The number of amides is 2. The van der Waals surface area contributed by atoms with Gasteiger partial charge in [-0.1, -0.05) is 26.7 Å². The highest BCUT2D eigenvalue weighted by Gasteiger charge is 2.49. The van der Waals surface area contributed by atoms with E-state index >= 15 is 0 Å². The molecule has 4 atom stereocenters. The van der Waals surface area contributed by atoms with Crippen LogP contribution in [0.1, 0.15) is 56.3 Å². The molecular formula is C24H29N3O3S. The van der Waals surface area contributed by atoms with Crippen LogP contribution in [-0.4, -0.2) is 32.9 Å². The highest BCUT2D eigenvalue weighted by Crippen LogP contribution is 2.36. The normalized spacial score (nSPS) is 28.7. The summed E-state index contributed by atoms with van der Waals surface area (Å²) in [6.45, 7) is 7.07. The Hall–Kier alpha value is -2.54. The van der Waals surface area contributed by atoms with Crippen molar-refractivity contribution < 1.29 is 14.0 Å². The molecule has 0 bridgehead atoms. The SMILES string of the molecule is C[C@H]1[C@H](C)CCC[C@@H]1NC(=O)[C@]1(C)Cn2c(cc3sccc32)C(=O)N1Cc1ccco1. The first kappa shape index (κ1) is 20.4. The molecule has 1 N–H and O–H groups in total. The third kappa shape index (κ3) is 3.30. The molecule has 1 aliphatic heterocycles. The van der Waals surface area contributed by atoms with Gasteiger partial charge in [0.15, 0.2) is 0 Å². The lowest BCUT2D eigenvalue weighted by Crippen LogP contribution is -2.65. The third-order valence-corrected chi connectivity index (χ3v) is 8.31. The van der Waals surface area contributed by atoms with E-state index in [0.717, 1.165) is 23.1 Å². The predicted molar refractivity (Wildman–Crippen MR) is 121 cm³/mol. The van der Waals surface area contributed by atoms with Crippen LogP contribution in [0.25, 0.3) is 10.2 Å². The van der Waals surface area contributed by atoms with Crippen LogP contribution in [0, 0.1) is 11.8 Å². The van der Waals surface area contributed by atoms with Gasteiger partial charge in [0.25, 0.3) is 5.91 Å². The van der Waals surface area contributed by atoms with E-state index in [2.05, 4.69) is 19.2 Å². The fourth-order valence-corrected chi connectivity index (χ4v) is 6.01. The van der Waals surface area contributed by atoms with Crippen molar-refractivity contribution in [3.05, 3.63) is 47.4 Å². The number of nitrogens with zero attached hydrogens (tertiary/aromatic N) is 2. The molecule has 0 saturated heterocycles. The smallest absolute Gasteiger partial charge is 0.271 e. The monoisotopic (exact) mass is 439 g/mol. The van der Waals surface area contributed by atoms with Gasteiger partial charge in [0.05, 0.1) is 29.6 Å². The molecule has 6 nitrogen and oxygen atoms in total. The summed E-state index contributed by atoms with van der Waals surface area (Å²) in [6.07, 6.45) is 4.92. The molecule has 2 aliphatic rings. The van der Waals surface area contributed by atoms with Gasteiger partial charge in [0.1, 0.15) is 17.0 Å². The second-order valence-corrected chi connectivity index (χ2v) is 10.3. The predicted octanol–water partition coefficient (Wildman–Crippen LogP) is 4.65. The summed E-state index contributed by atoms with van der Waals surface area (Å²) in [7, 11) is 0. The van der Waals surface area contributed by atoms with Crippen LogP contribution in [0.2, 0.25) is 0 Å². The molecule has 1 aliphatic carbocycles. The molecule has 5 rings (SSSR count). The summed E-state index contributed by atoms with van der Waals surface area (Å²) >= 11 is 1.62. The van der Waals surface area contributed by atoms with E-state index in [-0.39, 0.29) is 24.4 Å². The average Bonchev–Trinajstić information content (AvgIpc) is 3.47. The standard InChI is InChI=1S/C24H29N3O3S/c1-15-6-4-8-18(16(15)2)25-23(29)24(3)14-26-19-9-11-31-21(19)12-20(26)22(28)27(24)13-17-7-5-10-30-17/h5,7,9-12,15-16,18H,4,6,8,13-14H2,1-3H3,(H,25,29)/t15-,16+,18+,24+/m1/s1. The van der Waals surface area contributed by atoms with Crippen LogP contribution < -0.4 is 5.32 Å². The first-order valence-corrected chi connectivity index (χ1v) is 12.0. The minimum atomic E-state index is -1.01. The molecule has 164 valence electrons. The van der Waals surface area contributed by atoms with Crippen molar-refractivity contribution in [3.63, 3.8) is 0 Å². The van der Waals surface area contributed by atoms with Crippen LogP contribution in [0.5, 0.6) is 0 Å². The number of aromatic nitrogens is 1. The number of nitrogens with one attached hydrogen (secondary N) is 1. The number of carbonyl (C=O) groups is 2. The van der Waals surface area contributed by atoms with Crippen molar-refractivity contribution in [2.45, 2.75) is 64.7 Å². The number of rotatable bonds is 4. The zero-order valence-corrected chi connectivity index (χ0v) is 19.1. The summed E-state index contributed by atoms with van der Waals surface area (Å²) in [5, 5.41) is 5.36. The highest BCUT2D eigenvalue weighted by atomic mass is 32.1. The molecule has 1 saturated carbocycles. The van der Waals surface area contributed by atoms with E-state index in [0.29, 0.717) is 29.8 Å². The van der Waals surface area contributed by atoms with Gasteiger partial charge in [-0.2, -0.15) is 0 Å². The molecule has 3 aromatic rings. The number of thiophene rings is 1. The molecule has 0 spiro atoms. The van der Waals surface area contributed by atoms with Crippen LogP contribution in [0.4, 0.5) is 0 Å². The molecule has 2 amide bonds. The molecule has 4 heterocycles. The first-order chi connectivity index (χ1) is 14.9. The largest absolute Gasteiger partial charge is 0.467 e. The van der Waals surface area contributed by atoms with Crippen molar-refractivity contribution in [2.24, 2.45) is 11.8 Å². The molecular weight excluding hydrogens is 410 g/mol. The molecule has 7 heteroatoms. The Morgan fingerprint density at radius 3 is 2.94 bits per heavy atom. The Morgan fingerprint density at radius 2 is 2.16 bits per heavy atom. The van der Waals surface area contributed by atoms with Crippen LogP contribution in [0.3, 0.4) is 0 Å². The van der Waals surface area contributed by atoms with E-state index in [1.807, 2.05) is 41.1 Å². The first-order valence-electron chi connectivity index (χ1n) is 11.1. The maximum Gasteiger partial charge on any atom is 0.271 e. The van der Waals surface area contributed by atoms with Crippen molar-refractivity contribution in [1.82, 2.24) is 14.8 Å². The van der Waals surface area contributed by atoms with Gasteiger partial charge in [0, 0.05) is 6.04 Å². The van der Waals surface area contributed by atoms with Gasteiger partial charge < -0.3 is 19.2 Å². The minimum absolute atomic E-state index is 0.0823. The maximum atomic E-state index is 13.8. The minimum Gasteiger partial charge on any atom is -0.467 e. The summed E-state index contributed by atoms with van der Waals surface area (Å²) < 4.78 is 8.62. The molecule has 0 radical (unpaired) electrons. The topological polar surface area (TPSA) is 67.5 Å². The van der Waals surface area contributed by atoms with E-state index < -0.39 is 5.54 Å². The lowest BCUT2D eigenvalue weighted by molar-refractivity contribution is -0.134. The second-order valence-electron chi connectivity index (χ2n) is 9.38. The van der Waals surface area contributed by atoms with Gasteiger partial charge in [-0.15, -0.1) is 11.3 Å². The summed E-state index contributed by atoms with van der Waals surface area (Å²) in [5.74, 6) is 1.47. The van der Waals surface area contributed by atoms with E-state index in [9.17, 15) is 9.59 Å². The molecule has 0 unspecified atom stereocenters. The van der Waals surface area contributed by atoms with Gasteiger partial charge in [-0.25, -0.2) is 0 Å². The number of hydrogen-bond acceptors (Lipinski definition) is 4. The lowest BCUT2D eigenvalue weighted by atomic mass is 9.77. The van der Waals surface area contributed by atoms with Gasteiger partial charge in [-0.05, 0) is 54.8 Å². The second kappa shape index (κ2) is 7.55. The van der Waals surface area contributed by atoms with E-state index in [1.54, 1.807) is 22.5 Å². The fourth-order valence-electron chi connectivity index (χ4n) is 5.19. The average molecular weight is 440 g/mol. The fraction of sp³-hybridized carbons (Fsp3) is 0.500. The number of hydrogen-bond donors (Lipinski definition) is 1. The summed E-state index contributed by atoms with van der Waals surface area (Å²) in [4.78, 5) is 29.1. The molecule has 0 aromatic carbocycles. The Balaban J connectivity index is 1.52. The van der Waals surface area contributed by atoms with Gasteiger partial charge in [-0.3, -0.25) is 9.59 Å². The van der Waals surface area contributed by atoms with Gasteiger partial charge in [0.2, 0.25) is 5.91 Å². The molecule has 31 heavy (non-hydrogen) atoms. The van der Waals surface area contributed by atoms with Crippen molar-refractivity contribution >= 4 is 33.4 Å². The van der Waals surface area contributed by atoms with Crippen molar-refractivity contribution in [1.29, 1.82) is 0 Å². The quantitative estimate of drug-likeness (QED) is 0.643. The van der Waals surface area contributed by atoms with Crippen molar-refractivity contribution in [2.75, 3.05) is 0 Å². The summed E-state index contributed by atoms with van der Waals surface area (Å²) in [5.41, 5.74) is 0.647. The lowest BCUT2D eigenvalue weighted by Gasteiger charge is -2.45. The van der Waals surface area contributed by atoms with Crippen LogP contribution in [-0.2, 0) is 17.9 Å². The van der Waals surface area contributed by atoms with Crippen LogP contribution in [0.15, 0.2) is 40.3 Å². The number of fused-ring (bicyclic) bond motifs is 3. The van der Waals surface area contributed by atoms with Crippen molar-refractivity contribution in [3.8, 4) is 0 Å². The Bertz CT molecular complexity index is 1110. The zero-order valence-electron chi connectivity index (χ0n) is 18.3. The molecule has 3 aromatic heterocycles. The summed E-state index contributed by atoms with van der Waals surface area (Å²) in [6, 6.07) is 7.77. The van der Waals surface area contributed by atoms with E-state index in [1.165, 1.54) is 6.42 Å². The van der Waals surface area contributed by atoms with Crippen LogP contribution >= 0.6 is 11.3 Å². The number of furan rings is 1. The van der Waals surface area contributed by atoms with Gasteiger partial charge >= 0.3 is 0 Å².